The smallest absolute Gasteiger partial charge is 0.0815 e. The van der Waals surface area contributed by atoms with E-state index in [1.807, 2.05) is 24.0 Å². The SMILES string of the molecule is CC#C/C=C\[C@H](C)C(O)/C(C)=C/I. The lowest BCUT2D eigenvalue weighted by molar-refractivity contribution is 0.173. The molecule has 0 saturated carbocycles. The number of hydrogen-bond donors (Lipinski definition) is 1. The van der Waals surface area contributed by atoms with Gasteiger partial charge in [0.05, 0.1) is 6.10 Å². The quantitative estimate of drug-likeness (QED) is 0.626. The molecule has 0 spiro atoms. The molecule has 0 radical (unpaired) electrons. The van der Waals surface area contributed by atoms with Crippen molar-refractivity contribution in [1.82, 2.24) is 0 Å². The van der Waals surface area contributed by atoms with E-state index in [4.69, 9.17) is 0 Å². The van der Waals surface area contributed by atoms with Gasteiger partial charge in [0.25, 0.3) is 0 Å². The largest absolute Gasteiger partial charge is 0.388 e. The average molecular weight is 290 g/mol. The van der Waals surface area contributed by atoms with E-state index in [9.17, 15) is 5.11 Å². The van der Waals surface area contributed by atoms with Crippen molar-refractivity contribution < 1.29 is 5.11 Å². The number of halogens is 1. The Kier molecular flexibility index (Phi) is 7.02. The fourth-order valence-corrected chi connectivity index (χ4v) is 1.24. The molecule has 0 heterocycles. The zero-order valence-corrected chi connectivity index (χ0v) is 10.4. The maximum absolute atomic E-state index is 9.71. The molecule has 0 fully saturated rings. The van der Waals surface area contributed by atoms with Crippen molar-refractivity contribution in [1.29, 1.82) is 0 Å². The molecule has 0 aromatic rings. The van der Waals surface area contributed by atoms with Gasteiger partial charge in [-0.1, -0.05) is 41.5 Å². The van der Waals surface area contributed by atoms with Crippen LogP contribution in [0.3, 0.4) is 0 Å². The highest BCUT2D eigenvalue weighted by Crippen LogP contribution is 2.14. The first kappa shape index (κ1) is 12.7. The second-order valence-electron chi connectivity index (χ2n) is 2.91. The minimum Gasteiger partial charge on any atom is -0.388 e. The zero-order valence-electron chi connectivity index (χ0n) is 8.21. The van der Waals surface area contributed by atoms with Gasteiger partial charge in [-0.3, -0.25) is 0 Å². The number of rotatable bonds is 3. The highest BCUT2D eigenvalue weighted by Gasteiger charge is 2.11. The Morgan fingerprint density at radius 1 is 1.54 bits per heavy atom. The minimum atomic E-state index is -0.396. The van der Waals surface area contributed by atoms with Crippen LogP contribution >= 0.6 is 22.6 Å². The van der Waals surface area contributed by atoms with E-state index in [1.165, 1.54) is 0 Å². The van der Waals surface area contributed by atoms with Crippen LogP contribution in [-0.4, -0.2) is 11.2 Å². The number of allylic oxidation sites excluding steroid dienone is 1. The van der Waals surface area contributed by atoms with Crippen molar-refractivity contribution >= 4 is 22.6 Å². The molecular weight excluding hydrogens is 275 g/mol. The standard InChI is InChI=1S/C11H15IO/c1-4-5-6-7-9(2)11(13)10(3)8-12/h6-9,11,13H,1-3H3/b7-6-,10-8+/t9-,11?/m0/s1. The van der Waals surface area contributed by atoms with Crippen molar-refractivity contribution in [2.24, 2.45) is 5.92 Å². The number of aliphatic hydroxyl groups is 1. The van der Waals surface area contributed by atoms with Crippen LogP contribution in [0.2, 0.25) is 0 Å². The predicted octanol–water partition coefficient (Wildman–Crippen LogP) is 2.90. The summed E-state index contributed by atoms with van der Waals surface area (Å²) in [5, 5.41) is 9.71. The van der Waals surface area contributed by atoms with Crippen molar-refractivity contribution in [3.05, 3.63) is 21.8 Å². The normalized spacial score (nSPS) is 16.5. The number of hydrogen-bond acceptors (Lipinski definition) is 1. The van der Waals surface area contributed by atoms with E-state index in [-0.39, 0.29) is 5.92 Å². The van der Waals surface area contributed by atoms with E-state index >= 15 is 0 Å². The maximum atomic E-state index is 9.71. The predicted molar refractivity (Wildman–Crippen MR) is 65.5 cm³/mol. The molecule has 0 amide bonds. The molecule has 2 heteroatoms. The van der Waals surface area contributed by atoms with Gasteiger partial charge >= 0.3 is 0 Å². The molecule has 0 aromatic heterocycles. The fourth-order valence-electron chi connectivity index (χ4n) is 0.868. The summed E-state index contributed by atoms with van der Waals surface area (Å²) in [5.41, 5.74) is 0.988. The van der Waals surface area contributed by atoms with Crippen molar-refractivity contribution in [2.75, 3.05) is 0 Å². The van der Waals surface area contributed by atoms with Gasteiger partial charge in [0.15, 0.2) is 0 Å². The van der Waals surface area contributed by atoms with Crippen LogP contribution in [0.4, 0.5) is 0 Å². The van der Waals surface area contributed by atoms with Crippen LogP contribution in [0.15, 0.2) is 21.8 Å². The summed E-state index contributed by atoms with van der Waals surface area (Å²) in [7, 11) is 0. The molecule has 0 aliphatic heterocycles. The summed E-state index contributed by atoms with van der Waals surface area (Å²) in [4.78, 5) is 0. The van der Waals surface area contributed by atoms with Gasteiger partial charge in [-0.15, -0.1) is 5.92 Å². The molecule has 13 heavy (non-hydrogen) atoms. The fraction of sp³-hybridized carbons (Fsp3) is 0.455. The molecule has 0 rings (SSSR count). The average Bonchev–Trinajstić information content (AvgIpc) is 2.15. The molecule has 0 saturated heterocycles. The van der Waals surface area contributed by atoms with Gasteiger partial charge in [-0.05, 0) is 29.6 Å². The summed E-state index contributed by atoms with van der Waals surface area (Å²) < 4.78 is 1.90. The molecular formula is C11H15IO. The Hall–Kier alpha value is -0.270. The van der Waals surface area contributed by atoms with Gasteiger partial charge in [-0.25, -0.2) is 0 Å². The summed E-state index contributed by atoms with van der Waals surface area (Å²) in [5.74, 6) is 5.72. The first-order valence-electron chi connectivity index (χ1n) is 4.17. The lowest BCUT2D eigenvalue weighted by Crippen LogP contribution is -2.16. The second-order valence-corrected chi connectivity index (χ2v) is 3.53. The monoisotopic (exact) mass is 290 g/mol. The lowest BCUT2D eigenvalue weighted by atomic mass is 9.99. The summed E-state index contributed by atoms with van der Waals surface area (Å²) >= 11 is 2.13. The van der Waals surface area contributed by atoms with E-state index in [2.05, 4.69) is 34.4 Å². The van der Waals surface area contributed by atoms with Gasteiger partial charge in [-0.2, -0.15) is 0 Å². The van der Waals surface area contributed by atoms with Crippen LogP contribution in [0, 0.1) is 17.8 Å². The van der Waals surface area contributed by atoms with Crippen molar-refractivity contribution in [3.8, 4) is 11.8 Å². The van der Waals surface area contributed by atoms with Gasteiger partial charge in [0, 0.05) is 5.92 Å². The van der Waals surface area contributed by atoms with Crippen LogP contribution in [-0.2, 0) is 0 Å². The molecule has 0 aromatic carbocycles. The first-order chi connectivity index (χ1) is 6.13. The molecule has 1 unspecified atom stereocenters. The van der Waals surface area contributed by atoms with Crippen LogP contribution < -0.4 is 0 Å². The van der Waals surface area contributed by atoms with Crippen LogP contribution in [0.25, 0.3) is 0 Å². The molecule has 0 aliphatic rings. The molecule has 1 nitrogen and oxygen atoms in total. The third-order valence-electron chi connectivity index (χ3n) is 1.76. The molecule has 0 aliphatic carbocycles. The first-order valence-corrected chi connectivity index (χ1v) is 5.42. The highest BCUT2D eigenvalue weighted by atomic mass is 127. The third kappa shape index (κ3) is 5.12. The van der Waals surface area contributed by atoms with Crippen LogP contribution in [0.1, 0.15) is 20.8 Å². The Bertz CT molecular complexity index is 255. The van der Waals surface area contributed by atoms with Crippen LogP contribution in [0.5, 0.6) is 0 Å². The maximum Gasteiger partial charge on any atom is 0.0815 e. The Labute approximate surface area is 94.1 Å². The van der Waals surface area contributed by atoms with E-state index in [0.29, 0.717) is 0 Å². The molecule has 72 valence electrons. The summed E-state index contributed by atoms with van der Waals surface area (Å²) in [6.07, 6.45) is 3.31. The van der Waals surface area contributed by atoms with Crippen molar-refractivity contribution in [3.63, 3.8) is 0 Å². The lowest BCUT2D eigenvalue weighted by Gasteiger charge is -2.14. The topological polar surface area (TPSA) is 20.2 Å². The molecule has 1 N–H and O–H groups in total. The van der Waals surface area contributed by atoms with Gasteiger partial charge in [0.2, 0.25) is 0 Å². The zero-order chi connectivity index (χ0) is 10.3. The minimum absolute atomic E-state index is 0.117. The molecule has 0 bridgehead atoms. The van der Waals surface area contributed by atoms with Gasteiger partial charge < -0.3 is 5.11 Å². The van der Waals surface area contributed by atoms with E-state index in [1.54, 1.807) is 13.0 Å². The van der Waals surface area contributed by atoms with E-state index in [0.717, 1.165) is 5.57 Å². The third-order valence-corrected chi connectivity index (χ3v) is 2.75. The Balaban J connectivity index is 4.23. The highest BCUT2D eigenvalue weighted by molar-refractivity contribution is 14.1. The second kappa shape index (κ2) is 7.16. The Morgan fingerprint density at radius 3 is 2.62 bits per heavy atom. The number of aliphatic hydroxyl groups excluding tert-OH is 1. The van der Waals surface area contributed by atoms with Crippen molar-refractivity contribution in [2.45, 2.75) is 26.9 Å². The van der Waals surface area contributed by atoms with E-state index < -0.39 is 6.10 Å². The summed E-state index contributed by atoms with van der Waals surface area (Å²) in [6, 6.07) is 0. The Morgan fingerprint density at radius 2 is 2.15 bits per heavy atom. The summed E-state index contributed by atoms with van der Waals surface area (Å²) in [6.45, 7) is 5.69. The molecule has 2 atom stereocenters. The van der Waals surface area contributed by atoms with Gasteiger partial charge in [0.1, 0.15) is 0 Å².